The summed E-state index contributed by atoms with van der Waals surface area (Å²) < 4.78 is 0. The molecule has 2 fully saturated rings. The number of halogens is 1. The van der Waals surface area contributed by atoms with Gasteiger partial charge in [-0.2, -0.15) is 0 Å². The zero-order chi connectivity index (χ0) is 19.3. The van der Waals surface area contributed by atoms with Crippen LogP contribution < -0.4 is 15.5 Å². The second-order valence-electron chi connectivity index (χ2n) is 7.51. The second-order valence-corrected chi connectivity index (χ2v) is 7.51. The van der Waals surface area contributed by atoms with E-state index in [1.807, 2.05) is 17.0 Å². The second kappa shape index (κ2) is 10.1. The molecule has 2 unspecified atom stereocenters. The summed E-state index contributed by atoms with van der Waals surface area (Å²) in [4.78, 5) is 18.5. The SMILES string of the molecule is CCNC(=NCc1ccc(N2CCCC2=O)cc1)NC1CC1c1ccccc1.I. The van der Waals surface area contributed by atoms with Crippen molar-refractivity contribution in [1.29, 1.82) is 0 Å². The number of carbonyl (C=O) groups is 1. The van der Waals surface area contributed by atoms with Crippen molar-refractivity contribution in [3.05, 3.63) is 65.7 Å². The zero-order valence-corrected chi connectivity index (χ0v) is 19.1. The summed E-state index contributed by atoms with van der Waals surface area (Å²) in [5.41, 5.74) is 3.52. The lowest BCUT2D eigenvalue weighted by molar-refractivity contribution is -0.117. The predicted octanol–water partition coefficient (Wildman–Crippen LogP) is 4.04. The Morgan fingerprint density at radius 2 is 1.90 bits per heavy atom. The Hall–Kier alpha value is -2.09. The Balaban J connectivity index is 0.00000240. The molecule has 5 nitrogen and oxygen atoms in total. The van der Waals surface area contributed by atoms with Crippen molar-refractivity contribution in [3.63, 3.8) is 0 Å². The lowest BCUT2D eigenvalue weighted by Gasteiger charge is -2.16. The molecule has 1 amide bonds. The van der Waals surface area contributed by atoms with Crippen LogP contribution in [0.4, 0.5) is 5.69 Å². The molecule has 6 heteroatoms. The van der Waals surface area contributed by atoms with Crippen LogP contribution in [0.5, 0.6) is 0 Å². The molecule has 0 spiro atoms. The molecule has 2 N–H and O–H groups in total. The van der Waals surface area contributed by atoms with Gasteiger partial charge in [0, 0.05) is 37.2 Å². The number of rotatable bonds is 6. The quantitative estimate of drug-likeness (QED) is 0.355. The van der Waals surface area contributed by atoms with E-state index in [4.69, 9.17) is 4.99 Å². The highest BCUT2D eigenvalue weighted by molar-refractivity contribution is 14.0. The highest BCUT2D eigenvalue weighted by Crippen LogP contribution is 2.40. The van der Waals surface area contributed by atoms with Gasteiger partial charge in [-0.05, 0) is 43.0 Å². The summed E-state index contributed by atoms with van der Waals surface area (Å²) in [6.07, 6.45) is 2.76. The molecule has 1 aliphatic carbocycles. The standard InChI is InChI=1S/C23H28N4O.HI/c1-2-24-23(26-21-15-20(21)18-7-4-3-5-8-18)25-16-17-10-12-19(13-11-17)27-14-6-9-22(27)28;/h3-5,7-8,10-13,20-21H,2,6,9,14-16H2,1H3,(H2,24,25,26);1H. The minimum atomic E-state index is 0. The molecule has 0 radical (unpaired) electrons. The van der Waals surface area contributed by atoms with Crippen molar-refractivity contribution in [3.8, 4) is 0 Å². The first-order valence-electron chi connectivity index (χ1n) is 10.2. The number of nitrogens with zero attached hydrogens (tertiary/aromatic N) is 2. The Labute approximate surface area is 190 Å². The summed E-state index contributed by atoms with van der Waals surface area (Å²) in [5, 5.41) is 6.90. The third-order valence-corrected chi connectivity index (χ3v) is 5.43. The van der Waals surface area contributed by atoms with E-state index < -0.39 is 0 Å². The molecule has 1 saturated carbocycles. The van der Waals surface area contributed by atoms with Gasteiger partial charge in [-0.25, -0.2) is 4.99 Å². The van der Waals surface area contributed by atoms with Gasteiger partial charge in [0.25, 0.3) is 0 Å². The molecule has 2 aromatic carbocycles. The van der Waals surface area contributed by atoms with Crippen molar-refractivity contribution in [1.82, 2.24) is 10.6 Å². The number of benzene rings is 2. The highest BCUT2D eigenvalue weighted by atomic mass is 127. The number of guanidine groups is 1. The summed E-state index contributed by atoms with van der Waals surface area (Å²) in [7, 11) is 0. The highest BCUT2D eigenvalue weighted by Gasteiger charge is 2.38. The molecular formula is C23H29IN4O. The van der Waals surface area contributed by atoms with E-state index in [9.17, 15) is 4.79 Å². The molecule has 4 rings (SSSR count). The van der Waals surface area contributed by atoms with E-state index in [-0.39, 0.29) is 29.9 Å². The normalized spacial score (nSPS) is 20.9. The average molecular weight is 504 g/mol. The maximum Gasteiger partial charge on any atom is 0.227 e. The van der Waals surface area contributed by atoms with Gasteiger partial charge in [0.15, 0.2) is 5.96 Å². The molecule has 2 atom stereocenters. The Morgan fingerprint density at radius 1 is 1.14 bits per heavy atom. The van der Waals surface area contributed by atoms with Crippen LogP contribution in [0.1, 0.15) is 43.2 Å². The number of aliphatic imine (C=N–C) groups is 1. The molecule has 0 bridgehead atoms. The van der Waals surface area contributed by atoms with Crippen LogP contribution in [0.3, 0.4) is 0 Å². The molecule has 154 valence electrons. The predicted molar refractivity (Wildman–Crippen MR) is 129 cm³/mol. The third kappa shape index (κ3) is 5.50. The molecule has 0 aromatic heterocycles. The zero-order valence-electron chi connectivity index (χ0n) is 16.8. The molecular weight excluding hydrogens is 475 g/mol. The fraction of sp³-hybridized carbons (Fsp3) is 0.391. The molecule has 2 aromatic rings. The number of amides is 1. The van der Waals surface area contributed by atoms with Crippen LogP contribution in [-0.2, 0) is 11.3 Å². The fourth-order valence-electron chi connectivity index (χ4n) is 3.79. The van der Waals surface area contributed by atoms with E-state index in [0.29, 0.717) is 24.9 Å². The minimum Gasteiger partial charge on any atom is -0.357 e. The van der Waals surface area contributed by atoms with Gasteiger partial charge in [-0.1, -0.05) is 42.5 Å². The van der Waals surface area contributed by atoms with Gasteiger partial charge in [-0.3, -0.25) is 4.79 Å². The first-order valence-corrected chi connectivity index (χ1v) is 10.2. The van der Waals surface area contributed by atoms with Gasteiger partial charge in [0.1, 0.15) is 0 Å². The third-order valence-electron chi connectivity index (χ3n) is 5.43. The van der Waals surface area contributed by atoms with Gasteiger partial charge < -0.3 is 15.5 Å². The van der Waals surface area contributed by atoms with Crippen molar-refractivity contribution in [2.75, 3.05) is 18.0 Å². The number of anilines is 1. The first-order chi connectivity index (χ1) is 13.7. The summed E-state index contributed by atoms with van der Waals surface area (Å²) in [6, 6.07) is 19.3. The Morgan fingerprint density at radius 3 is 2.55 bits per heavy atom. The van der Waals surface area contributed by atoms with Crippen LogP contribution in [0.2, 0.25) is 0 Å². The van der Waals surface area contributed by atoms with Crippen molar-refractivity contribution >= 4 is 41.5 Å². The Bertz CT molecular complexity index is 838. The number of nitrogens with one attached hydrogen (secondary N) is 2. The summed E-state index contributed by atoms with van der Waals surface area (Å²) in [5.74, 6) is 1.66. The average Bonchev–Trinajstić information content (AvgIpc) is 3.37. The monoisotopic (exact) mass is 504 g/mol. The van der Waals surface area contributed by atoms with Crippen molar-refractivity contribution in [2.24, 2.45) is 4.99 Å². The van der Waals surface area contributed by atoms with E-state index >= 15 is 0 Å². The van der Waals surface area contributed by atoms with Gasteiger partial charge >= 0.3 is 0 Å². The van der Waals surface area contributed by atoms with E-state index in [1.54, 1.807) is 0 Å². The molecule has 2 aliphatic rings. The molecule has 29 heavy (non-hydrogen) atoms. The molecule has 1 heterocycles. The fourth-order valence-corrected chi connectivity index (χ4v) is 3.79. The van der Waals surface area contributed by atoms with E-state index in [2.05, 4.69) is 60.0 Å². The summed E-state index contributed by atoms with van der Waals surface area (Å²) in [6.45, 7) is 4.37. The lowest BCUT2D eigenvalue weighted by Crippen LogP contribution is -2.39. The van der Waals surface area contributed by atoms with Crippen LogP contribution in [0, 0.1) is 0 Å². The largest absolute Gasteiger partial charge is 0.357 e. The van der Waals surface area contributed by atoms with Gasteiger partial charge in [0.05, 0.1) is 6.54 Å². The maximum atomic E-state index is 11.9. The van der Waals surface area contributed by atoms with Gasteiger partial charge in [0.2, 0.25) is 5.91 Å². The van der Waals surface area contributed by atoms with E-state index in [1.165, 1.54) is 5.56 Å². The minimum absolute atomic E-state index is 0. The summed E-state index contributed by atoms with van der Waals surface area (Å²) >= 11 is 0. The number of carbonyl (C=O) groups excluding carboxylic acids is 1. The van der Waals surface area contributed by atoms with Crippen LogP contribution in [0.15, 0.2) is 59.6 Å². The maximum absolute atomic E-state index is 11.9. The van der Waals surface area contributed by atoms with Crippen LogP contribution in [-0.4, -0.2) is 31.0 Å². The Kier molecular flexibility index (Phi) is 7.52. The molecule has 1 saturated heterocycles. The smallest absolute Gasteiger partial charge is 0.227 e. The molecule has 1 aliphatic heterocycles. The van der Waals surface area contributed by atoms with Crippen molar-refractivity contribution < 1.29 is 4.79 Å². The van der Waals surface area contributed by atoms with Crippen LogP contribution in [0.25, 0.3) is 0 Å². The lowest BCUT2D eigenvalue weighted by atomic mass is 10.1. The number of hydrogen-bond acceptors (Lipinski definition) is 2. The van der Waals surface area contributed by atoms with Crippen molar-refractivity contribution in [2.45, 2.75) is 44.7 Å². The van der Waals surface area contributed by atoms with E-state index in [0.717, 1.165) is 43.1 Å². The van der Waals surface area contributed by atoms with Gasteiger partial charge in [-0.15, -0.1) is 24.0 Å². The first kappa shape index (κ1) is 21.6. The van der Waals surface area contributed by atoms with Crippen LogP contribution >= 0.6 is 24.0 Å². The topological polar surface area (TPSA) is 56.7 Å². The number of hydrogen-bond donors (Lipinski definition) is 2.